The standard InChI is InChI=1S/C23H13Cl2N3O2/c24-17-8-4-16(5-9-17)23(29)28-21(12-13-27-28)15-6-10-18(11-7-15)30-22-3-1-2-20(25)19(22)14-26/h1-13H. The zero-order valence-corrected chi connectivity index (χ0v) is 16.9. The minimum atomic E-state index is -0.260. The lowest BCUT2D eigenvalue weighted by Gasteiger charge is -2.10. The van der Waals surface area contributed by atoms with Gasteiger partial charge in [0.25, 0.3) is 5.91 Å². The Balaban J connectivity index is 1.60. The van der Waals surface area contributed by atoms with Crippen LogP contribution in [0, 0.1) is 11.3 Å². The Morgan fingerprint density at radius 2 is 1.70 bits per heavy atom. The van der Waals surface area contributed by atoms with Crippen molar-refractivity contribution in [1.29, 1.82) is 5.26 Å². The van der Waals surface area contributed by atoms with E-state index in [1.165, 1.54) is 4.68 Å². The summed E-state index contributed by atoms with van der Waals surface area (Å²) in [6.45, 7) is 0. The molecule has 0 saturated carbocycles. The third kappa shape index (κ3) is 3.92. The molecule has 1 aromatic heterocycles. The van der Waals surface area contributed by atoms with Crippen molar-refractivity contribution in [2.24, 2.45) is 0 Å². The number of aromatic nitrogens is 2. The Bertz CT molecular complexity index is 1260. The molecule has 0 atom stereocenters. The smallest absolute Gasteiger partial charge is 0.278 e. The van der Waals surface area contributed by atoms with E-state index in [1.807, 2.05) is 18.2 Å². The van der Waals surface area contributed by atoms with Gasteiger partial charge in [-0.05, 0) is 66.7 Å². The summed E-state index contributed by atoms with van der Waals surface area (Å²) >= 11 is 11.9. The monoisotopic (exact) mass is 433 g/mol. The average Bonchev–Trinajstić information content (AvgIpc) is 3.24. The van der Waals surface area contributed by atoms with E-state index in [2.05, 4.69) is 5.10 Å². The van der Waals surface area contributed by atoms with E-state index in [9.17, 15) is 10.1 Å². The molecule has 3 aromatic carbocycles. The van der Waals surface area contributed by atoms with E-state index >= 15 is 0 Å². The van der Waals surface area contributed by atoms with Crippen molar-refractivity contribution < 1.29 is 9.53 Å². The van der Waals surface area contributed by atoms with Crippen molar-refractivity contribution in [1.82, 2.24) is 9.78 Å². The molecule has 0 N–H and O–H groups in total. The largest absolute Gasteiger partial charge is 0.456 e. The van der Waals surface area contributed by atoms with E-state index in [4.69, 9.17) is 27.9 Å². The summed E-state index contributed by atoms with van der Waals surface area (Å²) in [5.41, 5.74) is 2.18. The van der Waals surface area contributed by atoms with Crippen molar-refractivity contribution in [3.63, 3.8) is 0 Å². The molecule has 0 saturated heterocycles. The molecule has 0 amide bonds. The number of nitrogens with zero attached hydrogens (tertiary/aromatic N) is 3. The van der Waals surface area contributed by atoms with Crippen molar-refractivity contribution in [2.75, 3.05) is 0 Å². The minimum absolute atomic E-state index is 0.260. The first-order chi connectivity index (χ1) is 14.6. The molecule has 0 radical (unpaired) electrons. The van der Waals surface area contributed by atoms with Crippen LogP contribution < -0.4 is 4.74 Å². The van der Waals surface area contributed by atoms with Crippen LogP contribution in [0.15, 0.2) is 79.0 Å². The highest BCUT2D eigenvalue weighted by atomic mass is 35.5. The lowest BCUT2D eigenvalue weighted by molar-refractivity contribution is 0.0947. The molecule has 4 rings (SSSR count). The third-order valence-electron chi connectivity index (χ3n) is 4.39. The summed E-state index contributed by atoms with van der Waals surface area (Å²) in [5.74, 6) is 0.651. The Morgan fingerprint density at radius 3 is 2.40 bits per heavy atom. The van der Waals surface area contributed by atoms with Gasteiger partial charge in [0.2, 0.25) is 0 Å². The van der Waals surface area contributed by atoms with Gasteiger partial charge in [-0.15, -0.1) is 0 Å². The van der Waals surface area contributed by atoms with Gasteiger partial charge in [0.1, 0.15) is 23.1 Å². The van der Waals surface area contributed by atoms with Gasteiger partial charge < -0.3 is 4.74 Å². The lowest BCUT2D eigenvalue weighted by atomic mass is 10.1. The first-order valence-electron chi connectivity index (χ1n) is 8.88. The fraction of sp³-hybridized carbons (Fsp3) is 0. The summed E-state index contributed by atoms with van der Waals surface area (Å²) in [6.07, 6.45) is 1.57. The highest BCUT2D eigenvalue weighted by Gasteiger charge is 2.15. The minimum Gasteiger partial charge on any atom is -0.456 e. The Labute approximate surface area is 182 Å². The number of carbonyl (C=O) groups is 1. The molecule has 30 heavy (non-hydrogen) atoms. The Morgan fingerprint density at radius 1 is 0.967 bits per heavy atom. The SMILES string of the molecule is N#Cc1c(Cl)cccc1Oc1ccc(-c2ccnn2C(=O)c2ccc(Cl)cc2)cc1. The van der Waals surface area contributed by atoms with Crippen LogP contribution in [0.4, 0.5) is 0 Å². The molecular formula is C23H13Cl2N3O2. The molecule has 0 aliphatic rings. The first kappa shape index (κ1) is 19.7. The van der Waals surface area contributed by atoms with Crippen molar-refractivity contribution in [3.8, 4) is 28.8 Å². The summed E-state index contributed by atoms with van der Waals surface area (Å²) in [4.78, 5) is 12.8. The van der Waals surface area contributed by atoms with Crippen molar-refractivity contribution >= 4 is 29.1 Å². The summed E-state index contributed by atoms with van der Waals surface area (Å²) in [5, 5.41) is 14.3. The van der Waals surface area contributed by atoms with Crippen molar-refractivity contribution in [3.05, 3.63) is 100 Å². The number of rotatable bonds is 4. The van der Waals surface area contributed by atoms with Crippen LogP contribution >= 0.6 is 23.2 Å². The highest BCUT2D eigenvalue weighted by molar-refractivity contribution is 6.32. The normalized spacial score (nSPS) is 10.4. The van der Waals surface area contributed by atoms with Crippen LogP contribution in [0.5, 0.6) is 11.5 Å². The van der Waals surface area contributed by atoms with Crippen LogP contribution in [0.3, 0.4) is 0 Å². The number of halogens is 2. The predicted octanol–water partition coefficient (Wildman–Crippen LogP) is 6.21. The zero-order chi connectivity index (χ0) is 21.1. The zero-order valence-electron chi connectivity index (χ0n) is 15.4. The number of hydrogen-bond donors (Lipinski definition) is 0. The molecule has 7 heteroatoms. The highest BCUT2D eigenvalue weighted by Crippen LogP contribution is 2.31. The molecule has 0 bridgehead atoms. The first-order valence-corrected chi connectivity index (χ1v) is 9.63. The molecule has 146 valence electrons. The molecule has 1 heterocycles. The van der Waals surface area contributed by atoms with Crippen LogP contribution in [0.1, 0.15) is 15.9 Å². The molecule has 0 unspecified atom stereocenters. The number of ether oxygens (including phenoxy) is 1. The summed E-state index contributed by atoms with van der Waals surface area (Å²) in [6, 6.07) is 22.6. The van der Waals surface area contributed by atoms with Gasteiger partial charge in [0.15, 0.2) is 0 Å². The maximum atomic E-state index is 12.8. The number of nitriles is 1. The van der Waals surface area contributed by atoms with E-state index in [1.54, 1.807) is 66.9 Å². The van der Waals surface area contributed by atoms with Crippen LogP contribution in [-0.4, -0.2) is 15.7 Å². The van der Waals surface area contributed by atoms with E-state index < -0.39 is 0 Å². The molecule has 0 spiro atoms. The topological polar surface area (TPSA) is 67.9 Å². The summed E-state index contributed by atoms with van der Waals surface area (Å²) in [7, 11) is 0. The van der Waals surface area contributed by atoms with Crippen LogP contribution in [0.25, 0.3) is 11.3 Å². The Hall–Kier alpha value is -3.59. The van der Waals surface area contributed by atoms with Gasteiger partial charge in [-0.1, -0.05) is 29.3 Å². The number of hydrogen-bond acceptors (Lipinski definition) is 4. The third-order valence-corrected chi connectivity index (χ3v) is 4.96. The van der Waals surface area contributed by atoms with Gasteiger partial charge in [0, 0.05) is 16.1 Å². The second kappa shape index (κ2) is 8.42. The molecule has 4 aromatic rings. The van der Waals surface area contributed by atoms with Crippen LogP contribution in [-0.2, 0) is 0 Å². The average molecular weight is 434 g/mol. The van der Waals surface area contributed by atoms with Gasteiger partial charge in [-0.2, -0.15) is 15.0 Å². The van der Waals surface area contributed by atoms with Gasteiger partial charge in [-0.25, -0.2) is 0 Å². The van der Waals surface area contributed by atoms with Crippen LogP contribution in [0.2, 0.25) is 10.0 Å². The quantitative estimate of drug-likeness (QED) is 0.383. The second-order valence-electron chi connectivity index (χ2n) is 6.29. The molecule has 5 nitrogen and oxygen atoms in total. The second-order valence-corrected chi connectivity index (χ2v) is 7.14. The fourth-order valence-corrected chi connectivity index (χ4v) is 3.25. The molecule has 0 fully saturated rings. The maximum Gasteiger partial charge on any atom is 0.278 e. The summed E-state index contributed by atoms with van der Waals surface area (Å²) < 4.78 is 7.14. The van der Waals surface area contributed by atoms with E-state index in [0.717, 1.165) is 5.56 Å². The number of carbonyl (C=O) groups excluding carboxylic acids is 1. The van der Waals surface area contributed by atoms with Gasteiger partial charge in [0.05, 0.1) is 16.9 Å². The number of benzene rings is 3. The molecule has 0 aliphatic carbocycles. The maximum absolute atomic E-state index is 12.8. The van der Waals surface area contributed by atoms with E-state index in [-0.39, 0.29) is 11.5 Å². The fourth-order valence-electron chi connectivity index (χ4n) is 2.92. The van der Waals surface area contributed by atoms with Gasteiger partial charge in [-0.3, -0.25) is 4.79 Å². The van der Waals surface area contributed by atoms with E-state index in [0.29, 0.717) is 32.8 Å². The van der Waals surface area contributed by atoms with Gasteiger partial charge >= 0.3 is 0 Å². The van der Waals surface area contributed by atoms with Crippen molar-refractivity contribution in [2.45, 2.75) is 0 Å². The molecule has 0 aliphatic heterocycles. The predicted molar refractivity (Wildman–Crippen MR) is 115 cm³/mol. The lowest BCUT2D eigenvalue weighted by Crippen LogP contribution is -2.14. The Kier molecular flexibility index (Phi) is 5.53. The molecular weight excluding hydrogens is 421 g/mol.